The molecular formula is C26H32N2O5. The molecule has 0 aromatic heterocycles. The molecule has 0 heterocycles. The standard InChI is InChI=1S/C26H32N2O5/c1-3-5-6-7-8-9-10-11-25(30)33-24-19-17-22(16-18-23(24)29)28-27-21-14-12-20(13-15-21)26(31)32-4-2/h12-19H,3-11H2,1-2H3. The summed E-state index contributed by atoms with van der Waals surface area (Å²) in [5.74, 6) is -0.826. The Morgan fingerprint density at radius 3 is 1.97 bits per heavy atom. The van der Waals surface area contributed by atoms with Gasteiger partial charge in [-0.3, -0.25) is 9.59 Å². The maximum absolute atomic E-state index is 12.2. The van der Waals surface area contributed by atoms with Gasteiger partial charge in [0.05, 0.1) is 23.5 Å². The Bertz CT molecular complexity index is 987. The van der Waals surface area contributed by atoms with Crippen LogP contribution in [0.2, 0.25) is 0 Å². The number of esters is 2. The smallest absolute Gasteiger partial charge is 0.338 e. The number of benzene rings is 1. The first kappa shape index (κ1) is 25.9. The van der Waals surface area contributed by atoms with Gasteiger partial charge >= 0.3 is 11.9 Å². The SMILES string of the molecule is CCCCCCCCCC(=O)Oc1ccc(N=Nc2ccc(C(=O)OCC)cc2)ccc1=O. The molecule has 0 aliphatic carbocycles. The zero-order chi connectivity index (χ0) is 23.9. The lowest BCUT2D eigenvalue weighted by Crippen LogP contribution is -2.12. The Morgan fingerprint density at radius 2 is 1.33 bits per heavy atom. The number of nitrogens with zero attached hydrogens (tertiary/aromatic N) is 2. The number of carbonyl (C=O) groups excluding carboxylic acids is 2. The van der Waals surface area contributed by atoms with Crippen molar-refractivity contribution in [2.45, 2.75) is 65.2 Å². The molecule has 0 atom stereocenters. The molecule has 0 aliphatic rings. The molecule has 0 saturated carbocycles. The van der Waals surface area contributed by atoms with Crippen molar-refractivity contribution < 1.29 is 19.1 Å². The first-order valence-corrected chi connectivity index (χ1v) is 11.6. The Balaban J connectivity index is 1.89. The van der Waals surface area contributed by atoms with Crippen molar-refractivity contribution in [1.29, 1.82) is 0 Å². The molecule has 2 aromatic carbocycles. The van der Waals surface area contributed by atoms with Crippen LogP contribution >= 0.6 is 0 Å². The molecule has 0 radical (unpaired) electrons. The van der Waals surface area contributed by atoms with Gasteiger partial charge < -0.3 is 9.47 Å². The lowest BCUT2D eigenvalue weighted by molar-refractivity contribution is -0.134. The quantitative estimate of drug-likeness (QED) is 0.192. The van der Waals surface area contributed by atoms with E-state index in [0.717, 1.165) is 19.3 Å². The average molecular weight is 453 g/mol. The summed E-state index contributed by atoms with van der Waals surface area (Å²) < 4.78 is 10.2. The van der Waals surface area contributed by atoms with Crippen LogP contribution in [-0.2, 0) is 9.53 Å². The van der Waals surface area contributed by atoms with Crippen molar-refractivity contribution in [3.8, 4) is 5.75 Å². The van der Waals surface area contributed by atoms with Gasteiger partial charge in [0.25, 0.3) is 0 Å². The molecule has 0 saturated heterocycles. The van der Waals surface area contributed by atoms with E-state index in [0.29, 0.717) is 30.0 Å². The van der Waals surface area contributed by atoms with Crippen LogP contribution in [0, 0.1) is 0 Å². The molecule has 0 bridgehead atoms. The van der Waals surface area contributed by atoms with Crippen LogP contribution in [0.1, 0.15) is 75.6 Å². The van der Waals surface area contributed by atoms with Crippen LogP contribution in [0.5, 0.6) is 5.75 Å². The van der Waals surface area contributed by atoms with E-state index in [2.05, 4.69) is 17.2 Å². The van der Waals surface area contributed by atoms with E-state index in [1.54, 1.807) is 37.3 Å². The molecule has 176 valence electrons. The van der Waals surface area contributed by atoms with Gasteiger partial charge in [-0.1, -0.05) is 45.4 Å². The molecule has 0 amide bonds. The van der Waals surface area contributed by atoms with Crippen molar-refractivity contribution in [1.82, 2.24) is 0 Å². The number of ether oxygens (including phenoxy) is 2. The van der Waals surface area contributed by atoms with E-state index in [4.69, 9.17) is 9.47 Å². The fourth-order valence-corrected chi connectivity index (χ4v) is 3.09. The van der Waals surface area contributed by atoms with E-state index in [9.17, 15) is 14.4 Å². The van der Waals surface area contributed by atoms with Gasteiger partial charge in [0, 0.05) is 6.42 Å². The second-order valence-corrected chi connectivity index (χ2v) is 7.63. The molecule has 2 rings (SSSR count). The maximum atomic E-state index is 12.2. The number of azo groups is 1. The first-order chi connectivity index (χ1) is 16.0. The summed E-state index contributed by atoms with van der Waals surface area (Å²) in [6.45, 7) is 4.24. The number of rotatable bonds is 13. The van der Waals surface area contributed by atoms with E-state index < -0.39 is 17.4 Å². The van der Waals surface area contributed by atoms with Gasteiger partial charge in [-0.2, -0.15) is 10.2 Å². The third-order valence-corrected chi connectivity index (χ3v) is 4.92. The zero-order valence-corrected chi connectivity index (χ0v) is 19.4. The van der Waals surface area contributed by atoms with Gasteiger partial charge in [0.2, 0.25) is 5.43 Å². The third-order valence-electron chi connectivity index (χ3n) is 4.92. The van der Waals surface area contributed by atoms with Gasteiger partial charge in [0.15, 0.2) is 5.75 Å². The molecule has 0 aliphatic heterocycles. The fraction of sp³-hybridized carbons (Fsp3) is 0.423. The molecule has 2 aromatic rings. The van der Waals surface area contributed by atoms with Crippen molar-refractivity contribution in [3.05, 3.63) is 64.3 Å². The number of unbranched alkanes of at least 4 members (excludes halogenated alkanes) is 6. The second-order valence-electron chi connectivity index (χ2n) is 7.63. The summed E-state index contributed by atoms with van der Waals surface area (Å²) in [6, 6.07) is 12.3. The Morgan fingerprint density at radius 1 is 0.758 bits per heavy atom. The Labute approximate surface area is 194 Å². The number of carbonyl (C=O) groups is 2. The minimum absolute atomic E-state index is 0.0248. The van der Waals surface area contributed by atoms with Crippen LogP contribution < -0.4 is 10.2 Å². The van der Waals surface area contributed by atoms with Crippen LogP contribution in [0.4, 0.5) is 11.4 Å². The predicted octanol–water partition coefficient (Wildman–Crippen LogP) is 6.69. The summed E-state index contributed by atoms with van der Waals surface area (Å²) in [5, 5.41) is 8.22. The van der Waals surface area contributed by atoms with Crippen molar-refractivity contribution in [3.63, 3.8) is 0 Å². The zero-order valence-electron chi connectivity index (χ0n) is 19.4. The van der Waals surface area contributed by atoms with Crippen LogP contribution in [0.3, 0.4) is 0 Å². The van der Waals surface area contributed by atoms with Crippen molar-refractivity contribution in [2.75, 3.05) is 6.61 Å². The molecule has 0 N–H and O–H groups in total. The molecule has 33 heavy (non-hydrogen) atoms. The van der Waals surface area contributed by atoms with Crippen LogP contribution in [0.25, 0.3) is 0 Å². The highest BCUT2D eigenvalue weighted by atomic mass is 16.5. The highest BCUT2D eigenvalue weighted by Crippen LogP contribution is 2.19. The number of hydrogen-bond donors (Lipinski definition) is 0. The van der Waals surface area contributed by atoms with E-state index in [-0.39, 0.29) is 5.75 Å². The third kappa shape index (κ3) is 9.76. The summed E-state index contributed by atoms with van der Waals surface area (Å²) in [5.41, 5.74) is 0.998. The molecule has 0 spiro atoms. The lowest BCUT2D eigenvalue weighted by atomic mass is 10.1. The normalized spacial score (nSPS) is 10.8. The molecule has 7 heteroatoms. The highest BCUT2D eigenvalue weighted by Gasteiger charge is 2.08. The Kier molecular flexibility index (Phi) is 11.5. The molecular weight excluding hydrogens is 420 g/mol. The topological polar surface area (TPSA) is 94.4 Å². The monoisotopic (exact) mass is 452 g/mol. The summed E-state index contributed by atoms with van der Waals surface area (Å²) >= 11 is 0. The minimum atomic E-state index is -0.406. The largest absolute Gasteiger partial charge is 0.462 e. The first-order valence-electron chi connectivity index (χ1n) is 11.6. The predicted molar refractivity (Wildman–Crippen MR) is 128 cm³/mol. The van der Waals surface area contributed by atoms with E-state index in [1.807, 2.05) is 0 Å². The van der Waals surface area contributed by atoms with E-state index >= 15 is 0 Å². The maximum Gasteiger partial charge on any atom is 0.338 e. The van der Waals surface area contributed by atoms with Crippen LogP contribution in [-0.4, -0.2) is 18.5 Å². The van der Waals surface area contributed by atoms with Gasteiger partial charge in [-0.15, -0.1) is 0 Å². The Hall–Kier alpha value is -3.35. The van der Waals surface area contributed by atoms with Gasteiger partial charge in [0.1, 0.15) is 0 Å². The summed E-state index contributed by atoms with van der Waals surface area (Å²) in [4.78, 5) is 36.0. The highest BCUT2D eigenvalue weighted by molar-refractivity contribution is 5.89. The van der Waals surface area contributed by atoms with Crippen molar-refractivity contribution in [2.24, 2.45) is 10.2 Å². The molecule has 0 unspecified atom stereocenters. The molecule has 7 nitrogen and oxygen atoms in total. The summed E-state index contributed by atoms with van der Waals surface area (Å²) in [7, 11) is 0. The molecule has 0 fully saturated rings. The average Bonchev–Trinajstić information content (AvgIpc) is 2.99. The van der Waals surface area contributed by atoms with Crippen molar-refractivity contribution >= 4 is 23.3 Å². The minimum Gasteiger partial charge on any atom is -0.462 e. The van der Waals surface area contributed by atoms with Gasteiger partial charge in [-0.05, 0) is 61.9 Å². The summed E-state index contributed by atoms with van der Waals surface area (Å²) in [6.07, 6.45) is 8.03. The fourth-order valence-electron chi connectivity index (χ4n) is 3.09. The van der Waals surface area contributed by atoms with E-state index in [1.165, 1.54) is 43.9 Å². The van der Waals surface area contributed by atoms with Gasteiger partial charge in [-0.25, -0.2) is 4.79 Å². The second kappa shape index (κ2) is 14.7. The number of hydrogen-bond acceptors (Lipinski definition) is 7. The van der Waals surface area contributed by atoms with Crippen LogP contribution in [0.15, 0.2) is 63.6 Å². The lowest BCUT2D eigenvalue weighted by Gasteiger charge is -2.02.